The summed E-state index contributed by atoms with van der Waals surface area (Å²) in [7, 11) is 1.14. The third kappa shape index (κ3) is 6.55. The van der Waals surface area contributed by atoms with Gasteiger partial charge in [0.15, 0.2) is 0 Å². The van der Waals surface area contributed by atoms with Gasteiger partial charge in [-0.1, -0.05) is 44.2 Å². The zero-order chi connectivity index (χ0) is 26.3. The first-order chi connectivity index (χ1) is 16.4. The molecule has 1 aromatic rings. The molecule has 1 aromatic carbocycles. The van der Waals surface area contributed by atoms with Crippen LogP contribution in [0.4, 0.5) is 4.79 Å². The molecule has 190 valence electrons. The van der Waals surface area contributed by atoms with Gasteiger partial charge in [0.25, 0.3) is 0 Å². The van der Waals surface area contributed by atoms with Crippen molar-refractivity contribution in [3.05, 3.63) is 35.9 Å². The van der Waals surface area contributed by atoms with Gasteiger partial charge in [-0.3, -0.25) is 19.2 Å². The molecule has 1 heterocycles. The predicted octanol–water partition coefficient (Wildman–Crippen LogP) is 0.161. The fourth-order valence-electron chi connectivity index (χ4n) is 3.65. The number of methoxy groups -OCH3 is 1. The van der Waals surface area contributed by atoms with Crippen LogP contribution in [0.15, 0.2) is 30.3 Å². The first-order valence-corrected chi connectivity index (χ1v) is 11.0. The number of amides is 5. The van der Waals surface area contributed by atoms with Gasteiger partial charge in [0.1, 0.15) is 12.1 Å². The number of carboxylic acids is 1. The maximum absolute atomic E-state index is 13.3. The number of hydrogen-bond donors (Lipinski definition) is 4. The highest BCUT2D eigenvalue weighted by molar-refractivity contribution is 6.07. The highest BCUT2D eigenvalue weighted by atomic mass is 16.5. The smallest absolute Gasteiger partial charge is 0.407 e. The monoisotopic (exact) mass is 490 g/mol. The lowest BCUT2D eigenvalue weighted by Crippen LogP contribution is -2.68. The van der Waals surface area contributed by atoms with Gasteiger partial charge in [-0.25, -0.2) is 14.5 Å². The van der Waals surface area contributed by atoms with Crippen molar-refractivity contribution < 1.29 is 38.6 Å². The van der Waals surface area contributed by atoms with E-state index in [0.717, 1.165) is 14.0 Å². The number of nitrogens with one attached hydrogen (secondary N) is 3. The molecule has 4 N–H and O–H groups in total. The molecule has 0 radical (unpaired) electrons. The molecule has 0 aromatic heterocycles. The number of ether oxygens (including phenoxy) is 1. The fraction of sp³-hybridized carbons (Fsp3) is 0.478. The SMILES string of the molecule is COC(=O)N[C@H](C(=O)N[C@@H](Cc1ccccc1)C(=O)N[C@](C)(C(=O)O)N1C(=O)CCC1=O)C(C)C. The lowest BCUT2D eigenvalue weighted by molar-refractivity contribution is -0.166. The van der Waals surface area contributed by atoms with Crippen LogP contribution in [0.3, 0.4) is 0 Å². The Morgan fingerprint density at radius 2 is 1.60 bits per heavy atom. The first kappa shape index (κ1) is 27.3. The lowest BCUT2D eigenvalue weighted by atomic mass is 10.0. The van der Waals surface area contributed by atoms with E-state index in [1.54, 1.807) is 44.2 Å². The second-order valence-corrected chi connectivity index (χ2v) is 8.60. The molecule has 5 amide bonds. The molecule has 35 heavy (non-hydrogen) atoms. The van der Waals surface area contributed by atoms with Gasteiger partial charge < -0.3 is 25.8 Å². The summed E-state index contributed by atoms with van der Waals surface area (Å²) in [4.78, 5) is 75.0. The van der Waals surface area contributed by atoms with Crippen molar-refractivity contribution in [2.45, 2.75) is 57.8 Å². The Labute approximate surface area is 202 Å². The number of carbonyl (C=O) groups excluding carboxylic acids is 5. The van der Waals surface area contributed by atoms with Gasteiger partial charge in [0, 0.05) is 19.3 Å². The van der Waals surface area contributed by atoms with Crippen LogP contribution in [0, 0.1) is 5.92 Å². The molecule has 0 saturated carbocycles. The van der Waals surface area contributed by atoms with Crippen LogP contribution in [0.25, 0.3) is 0 Å². The Kier molecular flexibility index (Phi) is 8.93. The molecular formula is C23H30N4O8. The van der Waals surface area contributed by atoms with Crippen LogP contribution in [0.5, 0.6) is 0 Å². The average molecular weight is 491 g/mol. The Hall–Kier alpha value is -3.96. The maximum atomic E-state index is 13.3. The number of imide groups is 1. The predicted molar refractivity (Wildman–Crippen MR) is 122 cm³/mol. The average Bonchev–Trinajstić information content (AvgIpc) is 3.15. The molecule has 1 saturated heterocycles. The van der Waals surface area contributed by atoms with E-state index < -0.39 is 53.4 Å². The molecule has 0 spiro atoms. The number of carboxylic acid groups (broad SMARTS) is 1. The summed E-state index contributed by atoms with van der Waals surface area (Å²) in [5.41, 5.74) is -1.70. The van der Waals surface area contributed by atoms with E-state index >= 15 is 0 Å². The lowest BCUT2D eigenvalue weighted by Gasteiger charge is -2.35. The first-order valence-electron chi connectivity index (χ1n) is 11.0. The Morgan fingerprint density at radius 3 is 2.09 bits per heavy atom. The van der Waals surface area contributed by atoms with Crippen molar-refractivity contribution in [3.8, 4) is 0 Å². The van der Waals surface area contributed by atoms with Crippen LogP contribution in [-0.2, 0) is 35.1 Å². The number of benzene rings is 1. The summed E-state index contributed by atoms with van der Waals surface area (Å²) in [6, 6.07) is 6.29. The summed E-state index contributed by atoms with van der Waals surface area (Å²) >= 11 is 0. The van der Waals surface area contributed by atoms with Gasteiger partial charge in [0.2, 0.25) is 29.3 Å². The zero-order valence-corrected chi connectivity index (χ0v) is 20.0. The van der Waals surface area contributed by atoms with E-state index in [-0.39, 0.29) is 25.2 Å². The van der Waals surface area contributed by atoms with E-state index in [0.29, 0.717) is 10.5 Å². The molecular weight excluding hydrogens is 460 g/mol. The number of carbonyl (C=O) groups is 6. The van der Waals surface area contributed by atoms with Crippen molar-refractivity contribution in [2.24, 2.45) is 5.92 Å². The van der Waals surface area contributed by atoms with Crippen LogP contribution >= 0.6 is 0 Å². The van der Waals surface area contributed by atoms with Crippen molar-refractivity contribution >= 4 is 35.7 Å². The molecule has 0 unspecified atom stereocenters. The number of aliphatic carboxylic acids is 1. The minimum absolute atomic E-state index is 0.0287. The van der Waals surface area contributed by atoms with Gasteiger partial charge in [-0.05, 0) is 18.4 Å². The van der Waals surface area contributed by atoms with Crippen LogP contribution < -0.4 is 16.0 Å². The second kappa shape index (κ2) is 11.4. The molecule has 0 bridgehead atoms. The summed E-state index contributed by atoms with van der Waals surface area (Å²) < 4.78 is 4.55. The molecule has 12 nitrogen and oxygen atoms in total. The quantitative estimate of drug-likeness (QED) is 0.336. The highest BCUT2D eigenvalue weighted by Crippen LogP contribution is 2.23. The van der Waals surface area contributed by atoms with E-state index in [9.17, 15) is 33.9 Å². The highest BCUT2D eigenvalue weighted by Gasteiger charge is 2.50. The van der Waals surface area contributed by atoms with Crippen molar-refractivity contribution in [1.29, 1.82) is 0 Å². The number of nitrogens with zero attached hydrogens (tertiary/aromatic N) is 1. The van der Waals surface area contributed by atoms with E-state index in [2.05, 4.69) is 20.7 Å². The van der Waals surface area contributed by atoms with Crippen LogP contribution in [-0.4, -0.2) is 70.6 Å². The van der Waals surface area contributed by atoms with Gasteiger partial charge in [0.05, 0.1) is 7.11 Å². The number of hydrogen-bond acceptors (Lipinski definition) is 7. The van der Waals surface area contributed by atoms with Gasteiger partial charge in [-0.2, -0.15) is 0 Å². The van der Waals surface area contributed by atoms with E-state index in [4.69, 9.17) is 0 Å². The Morgan fingerprint density at radius 1 is 1.03 bits per heavy atom. The van der Waals surface area contributed by atoms with Gasteiger partial charge >= 0.3 is 12.1 Å². The third-order valence-electron chi connectivity index (χ3n) is 5.61. The molecule has 1 aliphatic heterocycles. The van der Waals surface area contributed by atoms with Crippen LogP contribution in [0.2, 0.25) is 0 Å². The van der Waals surface area contributed by atoms with Crippen LogP contribution in [0.1, 0.15) is 39.2 Å². The molecule has 1 aliphatic rings. The zero-order valence-electron chi connectivity index (χ0n) is 20.0. The number of rotatable bonds is 10. The summed E-state index contributed by atoms with van der Waals surface area (Å²) in [6.45, 7) is 4.39. The van der Waals surface area contributed by atoms with Crippen molar-refractivity contribution in [3.63, 3.8) is 0 Å². The largest absolute Gasteiger partial charge is 0.478 e. The van der Waals surface area contributed by atoms with Gasteiger partial charge in [-0.15, -0.1) is 0 Å². The number of alkyl carbamates (subject to hydrolysis) is 1. The topological polar surface area (TPSA) is 171 Å². The van der Waals surface area contributed by atoms with Crippen molar-refractivity contribution in [1.82, 2.24) is 20.9 Å². The standard InChI is InChI=1S/C23H30N4O8/c1-13(2)18(25-22(34)35-4)20(31)24-15(12-14-8-6-5-7-9-14)19(30)26-23(3,21(32)33)27-16(28)10-11-17(27)29/h5-9,13,15,18H,10-12H2,1-4H3,(H,24,31)(H,25,34)(H,26,30)(H,32,33)/t15-,18-,23-/m0/s1. The minimum atomic E-state index is -2.36. The second-order valence-electron chi connectivity index (χ2n) is 8.60. The fourth-order valence-corrected chi connectivity index (χ4v) is 3.65. The summed E-state index contributed by atoms with van der Waals surface area (Å²) in [5.74, 6) is -5.09. The van der Waals surface area contributed by atoms with Crippen molar-refractivity contribution in [2.75, 3.05) is 7.11 Å². The van der Waals surface area contributed by atoms with E-state index in [1.165, 1.54) is 0 Å². The summed E-state index contributed by atoms with van der Waals surface area (Å²) in [6.07, 6.45) is -1.21. The molecule has 12 heteroatoms. The summed E-state index contributed by atoms with van der Waals surface area (Å²) in [5, 5.41) is 17.0. The Bertz CT molecular complexity index is 980. The maximum Gasteiger partial charge on any atom is 0.407 e. The molecule has 0 aliphatic carbocycles. The normalized spacial score (nSPS) is 16.8. The molecule has 2 rings (SSSR count). The Balaban J connectivity index is 2.35. The molecule has 3 atom stereocenters. The van der Waals surface area contributed by atoms with E-state index in [1.807, 2.05) is 0 Å². The third-order valence-corrected chi connectivity index (χ3v) is 5.61. The number of likely N-dealkylation sites (tertiary alicyclic amines) is 1. The molecule has 1 fully saturated rings. The minimum Gasteiger partial charge on any atom is -0.478 e.